The Labute approximate surface area is 117 Å². The molecule has 1 fully saturated rings. The van der Waals surface area contributed by atoms with E-state index in [0.717, 1.165) is 23.0 Å². The van der Waals surface area contributed by atoms with Gasteiger partial charge in [-0.15, -0.1) is 11.3 Å². The zero-order valence-corrected chi connectivity index (χ0v) is 12.3. The fourth-order valence-corrected chi connectivity index (χ4v) is 2.86. The summed E-state index contributed by atoms with van der Waals surface area (Å²) in [5.41, 5.74) is 0. The lowest BCUT2D eigenvalue weighted by Crippen LogP contribution is -2.29. The Morgan fingerprint density at radius 1 is 1.32 bits per heavy atom. The molecule has 0 aliphatic carbocycles. The maximum Gasteiger partial charge on any atom is 0.233 e. The Bertz CT molecular complexity index is 466. The lowest BCUT2D eigenvalue weighted by atomic mass is 10.00. The van der Waals surface area contributed by atoms with Crippen LogP contribution in [0.3, 0.4) is 0 Å². The molecule has 2 heterocycles. The van der Waals surface area contributed by atoms with Crippen LogP contribution in [0.2, 0.25) is 0 Å². The first kappa shape index (κ1) is 14.0. The van der Waals surface area contributed by atoms with Crippen LogP contribution in [0.15, 0.2) is 6.20 Å². The van der Waals surface area contributed by atoms with Crippen molar-refractivity contribution in [1.29, 1.82) is 0 Å². The van der Waals surface area contributed by atoms with Crippen LogP contribution in [-0.2, 0) is 16.1 Å². The SMILES string of the molecule is CCCNc1ncc(CN2C(=O)C(C)C(C)C2=O)s1. The highest BCUT2D eigenvalue weighted by atomic mass is 32.1. The number of rotatable bonds is 5. The summed E-state index contributed by atoms with van der Waals surface area (Å²) in [5.74, 6) is -0.570. The van der Waals surface area contributed by atoms with Crippen LogP contribution in [0.25, 0.3) is 0 Å². The highest BCUT2D eigenvalue weighted by molar-refractivity contribution is 7.15. The standard InChI is InChI=1S/C13H19N3O2S/c1-4-5-14-13-15-6-10(19-13)7-16-11(17)8(2)9(3)12(16)18/h6,8-9H,4-5,7H2,1-3H3,(H,14,15). The summed E-state index contributed by atoms with van der Waals surface area (Å²) in [6.07, 6.45) is 2.77. The van der Waals surface area contributed by atoms with Crippen molar-refractivity contribution in [2.24, 2.45) is 11.8 Å². The predicted molar refractivity (Wildman–Crippen MR) is 74.8 cm³/mol. The van der Waals surface area contributed by atoms with Crippen LogP contribution >= 0.6 is 11.3 Å². The third kappa shape index (κ3) is 2.78. The van der Waals surface area contributed by atoms with Crippen molar-refractivity contribution in [2.45, 2.75) is 33.7 Å². The third-order valence-corrected chi connectivity index (χ3v) is 4.39. The number of imide groups is 1. The average Bonchev–Trinajstić information content (AvgIpc) is 2.92. The summed E-state index contributed by atoms with van der Waals surface area (Å²) >= 11 is 1.50. The van der Waals surface area contributed by atoms with Gasteiger partial charge >= 0.3 is 0 Å². The Kier molecular flexibility index (Phi) is 4.19. The molecule has 19 heavy (non-hydrogen) atoms. The molecule has 0 radical (unpaired) electrons. The smallest absolute Gasteiger partial charge is 0.233 e. The molecule has 1 aromatic heterocycles. The van der Waals surface area contributed by atoms with E-state index in [4.69, 9.17) is 0 Å². The van der Waals surface area contributed by atoms with Gasteiger partial charge in [0.15, 0.2) is 5.13 Å². The minimum atomic E-state index is -0.210. The van der Waals surface area contributed by atoms with Crippen molar-refractivity contribution in [2.75, 3.05) is 11.9 Å². The van der Waals surface area contributed by atoms with Gasteiger partial charge in [-0.25, -0.2) is 4.98 Å². The van der Waals surface area contributed by atoms with E-state index in [2.05, 4.69) is 17.2 Å². The van der Waals surface area contributed by atoms with Crippen LogP contribution in [0.1, 0.15) is 32.1 Å². The van der Waals surface area contributed by atoms with Crippen LogP contribution in [0.4, 0.5) is 5.13 Å². The van der Waals surface area contributed by atoms with Gasteiger partial charge < -0.3 is 5.32 Å². The summed E-state index contributed by atoms with van der Waals surface area (Å²) in [6.45, 7) is 6.93. The predicted octanol–water partition coefficient (Wildman–Crippen LogP) is 2.11. The molecule has 2 atom stereocenters. The molecule has 1 saturated heterocycles. The highest BCUT2D eigenvalue weighted by Gasteiger charge is 2.42. The van der Waals surface area contributed by atoms with E-state index >= 15 is 0 Å². The molecule has 2 rings (SSSR count). The Hall–Kier alpha value is -1.43. The van der Waals surface area contributed by atoms with E-state index in [9.17, 15) is 9.59 Å². The van der Waals surface area contributed by atoms with Crippen molar-refractivity contribution in [1.82, 2.24) is 9.88 Å². The zero-order valence-electron chi connectivity index (χ0n) is 11.5. The highest BCUT2D eigenvalue weighted by Crippen LogP contribution is 2.28. The first-order valence-corrected chi connectivity index (χ1v) is 7.40. The molecular weight excluding hydrogens is 262 g/mol. The lowest BCUT2D eigenvalue weighted by molar-refractivity contribution is -0.140. The Morgan fingerprint density at radius 3 is 2.53 bits per heavy atom. The number of carbonyl (C=O) groups excluding carboxylic acids is 2. The third-order valence-electron chi connectivity index (χ3n) is 3.45. The summed E-state index contributed by atoms with van der Waals surface area (Å²) in [6, 6.07) is 0. The molecule has 0 spiro atoms. The second-order valence-corrected chi connectivity index (χ2v) is 6.01. The van der Waals surface area contributed by atoms with Gasteiger partial charge in [0, 0.05) is 29.5 Å². The normalized spacial score (nSPS) is 23.2. The minimum Gasteiger partial charge on any atom is -0.362 e. The van der Waals surface area contributed by atoms with Crippen LogP contribution in [-0.4, -0.2) is 28.2 Å². The number of likely N-dealkylation sites (tertiary alicyclic amines) is 1. The zero-order chi connectivity index (χ0) is 14.0. The molecule has 1 N–H and O–H groups in total. The molecule has 5 nitrogen and oxygen atoms in total. The van der Waals surface area contributed by atoms with Gasteiger partial charge in [0.2, 0.25) is 11.8 Å². The van der Waals surface area contributed by atoms with Gasteiger partial charge in [-0.3, -0.25) is 14.5 Å². The van der Waals surface area contributed by atoms with Crippen molar-refractivity contribution < 1.29 is 9.59 Å². The van der Waals surface area contributed by atoms with Gasteiger partial charge in [-0.05, 0) is 6.42 Å². The van der Waals surface area contributed by atoms with Crippen LogP contribution in [0.5, 0.6) is 0 Å². The van der Waals surface area contributed by atoms with Gasteiger partial charge in [0.1, 0.15) is 0 Å². The first-order valence-electron chi connectivity index (χ1n) is 6.58. The van der Waals surface area contributed by atoms with Gasteiger partial charge in [0.05, 0.1) is 6.54 Å². The molecule has 1 aromatic rings. The van der Waals surface area contributed by atoms with Gasteiger partial charge in [-0.2, -0.15) is 0 Å². The number of aromatic nitrogens is 1. The summed E-state index contributed by atoms with van der Waals surface area (Å²) in [7, 11) is 0. The summed E-state index contributed by atoms with van der Waals surface area (Å²) < 4.78 is 0. The molecule has 2 amide bonds. The van der Waals surface area contributed by atoms with Crippen molar-refractivity contribution >= 4 is 28.3 Å². The average molecular weight is 281 g/mol. The largest absolute Gasteiger partial charge is 0.362 e. The molecule has 0 bridgehead atoms. The monoisotopic (exact) mass is 281 g/mol. The van der Waals surface area contributed by atoms with E-state index in [-0.39, 0.29) is 23.7 Å². The maximum atomic E-state index is 12.0. The van der Waals surface area contributed by atoms with Crippen molar-refractivity contribution in [3.05, 3.63) is 11.1 Å². The lowest BCUT2D eigenvalue weighted by Gasteiger charge is -2.12. The van der Waals surface area contributed by atoms with E-state index in [1.54, 1.807) is 6.20 Å². The second-order valence-electron chi connectivity index (χ2n) is 4.90. The number of hydrogen-bond donors (Lipinski definition) is 1. The molecule has 1 aliphatic rings. The fourth-order valence-electron chi connectivity index (χ4n) is 2.03. The summed E-state index contributed by atoms with van der Waals surface area (Å²) in [5, 5.41) is 4.04. The second kappa shape index (κ2) is 5.69. The van der Waals surface area contributed by atoms with Crippen molar-refractivity contribution in [3.63, 3.8) is 0 Å². The summed E-state index contributed by atoms with van der Waals surface area (Å²) in [4.78, 5) is 30.5. The number of nitrogens with zero attached hydrogens (tertiary/aromatic N) is 2. The Balaban J connectivity index is 2.03. The molecule has 1 aliphatic heterocycles. The first-order chi connectivity index (χ1) is 9.04. The number of anilines is 1. The van der Waals surface area contributed by atoms with E-state index < -0.39 is 0 Å². The molecule has 0 aromatic carbocycles. The molecule has 104 valence electrons. The van der Waals surface area contributed by atoms with Crippen molar-refractivity contribution in [3.8, 4) is 0 Å². The fraction of sp³-hybridized carbons (Fsp3) is 0.615. The van der Waals surface area contributed by atoms with E-state index in [0.29, 0.717) is 6.54 Å². The number of amides is 2. The number of thiazole rings is 1. The van der Waals surface area contributed by atoms with Gasteiger partial charge in [-0.1, -0.05) is 20.8 Å². The molecule has 0 saturated carbocycles. The quantitative estimate of drug-likeness (QED) is 0.840. The van der Waals surface area contributed by atoms with Crippen LogP contribution < -0.4 is 5.32 Å². The molecule has 6 heteroatoms. The van der Waals surface area contributed by atoms with Gasteiger partial charge in [0.25, 0.3) is 0 Å². The minimum absolute atomic E-state index is 0.0750. The maximum absolute atomic E-state index is 12.0. The topological polar surface area (TPSA) is 62.3 Å². The number of carbonyl (C=O) groups is 2. The number of hydrogen-bond acceptors (Lipinski definition) is 5. The number of nitrogens with one attached hydrogen (secondary N) is 1. The molecular formula is C13H19N3O2S. The van der Waals surface area contributed by atoms with Crippen LogP contribution in [0, 0.1) is 11.8 Å². The van der Waals surface area contributed by atoms with E-state index in [1.807, 2.05) is 13.8 Å². The Morgan fingerprint density at radius 2 is 1.95 bits per heavy atom. The molecule has 2 unspecified atom stereocenters. The van der Waals surface area contributed by atoms with E-state index in [1.165, 1.54) is 16.2 Å².